The van der Waals surface area contributed by atoms with Crippen LogP contribution in [-0.4, -0.2) is 89.8 Å². The topological polar surface area (TPSA) is 320 Å². The van der Waals surface area contributed by atoms with Gasteiger partial charge in [0.15, 0.2) is 40.6 Å². The van der Waals surface area contributed by atoms with Crippen molar-refractivity contribution in [2.45, 2.75) is 54.6 Å². The monoisotopic (exact) mass is 864 g/mol. The molecule has 0 radical (unpaired) electrons. The third-order valence-corrected chi connectivity index (χ3v) is 12.2. The predicted octanol–water partition coefficient (Wildman–Crippen LogP) is 4.24. The lowest BCUT2D eigenvalue weighted by atomic mass is 9.72. The third-order valence-electron chi connectivity index (χ3n) is 12.2. The van der Waals surface area contributed by atoms with E-state index in [-0.39, 0.29) is 73.9 Å². The molecule has 4 heterocycles. The zero-order valence-corrected chi connectivity index (χ0v) is 32.1. The number of fused-ring (bicyclic) bond motifs is 8. The van der Waals surface area contributed by atoms with Gasteiger partial charge in [-0.3, -0.25) is 0 Å². The Morgan fingerprint density at radius 1 is 0.460 bits per heavy atom. The molecule has 0 unspecified atom stereocenters. The van der Waals surface area contributed by atoms with Crippen molar-refractivity contribution in [1.29, 1.82) is 0 Å². The Hall–Kier alpha value is -7.80. The smallest absolute Gasteiger partial charge is 0.305 e. The highest BCUT2D eigenvalue weighted by Crippen LogP contribution is 2.65. The van der Waals surface area contributed by atoms with Crippen molar-refractivity contribution >= 4 is 0 Å². The fourth-order valence-corrected chi connectivity index (χ4v) is 9.31. The second-order valence-electron chi connectivity index (χ2n) is 15.9. The molecule has 0 amide bonds. The number of ether oxygens (including phenoxy) is 4. The molecule has 6 aromatic rings. The number of phenols is 11. The van der Waals surface area contributed by atoms with Gasteiger partial charge in [0.2, 0.25) is 0 Å². The van der Waals surface area contributed by atoms with Crippen LogP contribution in [0.3, 0.4) is 0 Å². The molecule has 6 aromatic carbocycles. The number of phenolic OH excluding ortho intramolecular Hbond substituents is 11. The Kier molecular flexibility index (Phi) is 8.49. The van der Waals surface area contributed by atoms with Crippen molar-refractivity contribution in [3.63, 3.8) is 0 Å². The first-order chi connectivity index (χ1) is 30.0. The summed E-state index contributed by atoms with van der Waals surface area (Å²) < 4.78 is 25.4. The van der Waals surface area contributed by atoms with E-state index in [0.717, 1.165) is 54.6 Å². The number of rotatable bonds is 4. The molecule has 0 saturated carbocycles. The van der Waals surface area contributed by atoms with E-state index in [1.165, 1.54) is 24.3 Å². The lowest BCUT2D eigenvalue weighted by molar-refractivity contribution is -0.218. The van der Waals surface area contributed by atoms with Gasteiger partial charge in [-0.15, -0.1) is 0 Å². The molecule has 14 N–H and O–H groups in total. The zero-order chi connectivity index (χ0) is 44.5. The Morgan fingerprint density at radius 2 is 1.03 bits per heavy atom. The maximum atomic E-state index is 12.7. The molecule has 0 spiro atoms. The number of hydrogen-bond donors (Lipinski definition) is 14. The summed E-state index contributed by atoms with van der Waals surface area (Å²) in [5.41, 5.74) is -0.703. The maximum absolute atomic E-state index is 12.7. The highest BCUT2D eigenvalue weighted by Gasteiger charge is 2.60. The third kappa shape index (κ3) is 5.68. The summed E-state index contributed by atoms with van der Waals surface area (Å²) in [6.45, 7) is 0. The van der Waals surface area contributed by atoms with Gasteiger partial charge in [0.25, 0.3) is 0 Å². The maximum Gasteiger partial charge on any atom is 0.305 e. The van der Waals surface area contributed by atoms with Crippen LogP contribution in [0.25, 0.3) is 0 Å². The standard InChI is InChI=1S/C45H36O18/c46-18-10-27(54)33-31(11-18)62-45(17-3-6-22(49)26(53)9-17)44(59)38(33)36-32(63-45)14-30-35(39(36)57)37(40(58)42(60-30)16-2-5-21(48)25(52)8-16)34-28(55)13-23(50)19-12-29(56)41(61-43(19)34)15-1-4-20(47)24(51)7-15/h1-11,13-14,29,37-38,40-42,44,46-59H,12H2/t29-,37+,38+,40+,41-,42-,44+,45-/m1/s1. The van der Waals surface area contributed by atoms with Gasteiger partial charge in [0.05, 0.1) is 17.9 Å². The number of benzene rings is 6. The van der Waals surface area contributed by atoms with Crippen molar-refractivity contribution in [2.24, 2.45) is 0 Å². The second-order valence-corrected chi connectivity index (χ2v) is 15.9. The highest BCUT2D eigenvalue weighted by atomic mass is 16.7. The molecule has 324 valence electrons. The molecule has 0 aromatic heterocycles. The van der Waals surface area contributed by atoms with Crippen LogP contribution < -0.4 is 18.9 Å². The van der Waals surface area contributed by atoms with Crippen LogP contribution in [0.15, 0.2) is 78.9 Å². The van der Waals surface area contributed by atoms with E-state index in [9.17, 15) is 71.5 Å². The molecule has 4 aliphatic rings. The number of aliphatic hydroxyl groups is 3. The molecule has 0 fully saturated rings. The summed E-state index contributed by atoms with van der Waals surface area (Å²) in [7, 11) is 0. The minimum atomic E-state index is -2.31. The molecule has 18 nitrogen and oxygen atoms in total. The van der Waals surface area contributed by atoms with Gasteiger partial charge >= 0.3 is 5.79 Å². The molecule has 10 rings (SSSR count). The van der Waals surface area contributed by atoms with Crippen LogP contribution in [0.1, 0.15) is 68.6 Å². The summed E-state index contributed by atoms with van der Waals surface area (Å²) in [5, 5.41) is 155. The van der Waals surface area contributed by atoms with Crippen LogP contribution in [-0.2, 0) is 12.2 Å². The van der Waals surface area contributed by atoms with Crippen molar-refractivity contribution in [3.05, 3.63) is 123 Å². The van der Waals surface area contributed by atoms with Crippen molar-refractivity contribution < 1.29 is 90.4 Å². The Labute approximate surface area is 354 Å². The molecule has 18 heteroatoms. The van der Waals surface area contributed by atoms with Gasteiger partial charge in [0, 0.05) is 64.1 Å². The van der Waals surface area contributed by atoms with Gasteiger partial charge in [-0.05, 0) is 53.6 Å². The predicted molar refractivity (Wildman–Crippen MR) is 212 cm³/mol. The molecular weight excluding hydrogens is 828 g/mol. The Morgan fingerprint density at radius 3 is 1.67 bits per heavy atom. The Bertz CT molecular complexity index is 2910. The summed E-state index contributed by atoms with van der Waals surface area (Å²) in [6, 6.07) is 15.0. The lowest BCUT2D eigenvalue weighted by Crippen LogP contribution is -2.57. The van der Waals surface area contributed by atoms with Gasteiger partial charge in [-0.2, -0.15) is 0 Å². The molecule has 0 aliphatic carbocycles. The molecule has 0 saturated heterocycles. The van der Waals surface area contributed by atoms with E-state index in [1.807, 2.05) is 0 Å². The normalized spacial score (nSPS) is 25.2. The van der Waals surface area contributed by atoms with E-state index < -0.39 is 111 Å². The molecule has 63 heavy (non-hydrogen) atoms. The van der Waals surface area contributed by atoms with E-state index in [2.05, 4.69) is 0 Å². The number of hydrogen-bond acceptors (Lipinski definition) is 18. The van der Waals surface area contributed by atoms with Gasteiger partial charge in [0.1, 0.15) is 70.1 Å². The van der Waals surface area contributed by atoms with Gasteiger partial charge in [-0.1, -0.05) is 12.1 Å². The van der Waals surface area contributed by atoms with Crippen LogP contribution in [0, 0.1) is 0 Å². The van der Waals surface area contributed by atoms with Crippen LogP contribution >= 0.6 is 0 Å². The second kappa shape index (κ2) is 13.6. The largest absolute Gasteiger partial charge is 0.508 e. The SMILES string of the molecule is Oc1cc(O)c2c(c1)O[C@]1(c3ccc(O)c(O)c3)Oc3cc4c(c(O)c3[C@H]2[C@@H]1O)[C@H](c1c(O)cc(O)c2c1O[C@H](c1ccc(O)c(O)c1)[C@H](O)C2)[C@H](O)[C@@H](c1ccc(O)c(O)c1)O4. The first kappa shape index (κ1) is 39.3. The minimum absolute atomic E-state index is 0.0325. The quantitative estimate of drug-likeness (QED) is 0.110. The fraction of sp³-hybridized carbons (Fsp3) is 0.200. The average molecular weight is 865 g/mol. The first-order valence-electron chi connectivity index (χ1n) is 19.3. The van der Waals surface area contributed by atoms with Crippen molar-refractivity contribution in [1.82, 2.24) is 0 Å². The Balaban J connectivity index is 1.23. The van der Waals surface area contributed by atoms with Crippen molar-refractivity contribution in [3.8, 4) is 86.2 Å². The zero-order valence-electron chi connectivity index (χ0n) is 32.1. The number of aromatic hydroxyl groups is 11. The van der Waals surface area contributed by atoms with E-state index in [1.54, 1.807) is 0 Å². The van der Waals surface area contributed by atoms with Crippen LogP contribution in [0.4, 0.5) is 0 Å². The molecule has 4 aliphatic heterocycles. The first-order valence-corrected chi connectivity index (χ1v) is 19.3. The summed E-state index contributed by atoms with van der Waals surface area (Å²) >= 11 is 0. The minimum Gasteiger partial charge on any atom is -0.508 e. The summed E-state index contributed by atoms with van der Waals surface area (Å²) in [6.07, 6.45) is -8.22. The molecule has 8 atom stereocenters. The molecule has 2 bridgehead atoms. The lowest BCUT2D eigenvalue weighted by Gasteiger charge is -2.50. The summed E-state index contributed by atoms with van der Waals surface area (Å²) in [5.74, 6) is -12.6. The van der Waals surface area contributed by atoms with Crippen molar-refractivity contribution in [2.75, 3.05) is 0 Å². The fourth-order valence-electron chi connectivity index (χ4n) is 9.31. The summed E-state index contributed by atoms with van der Waals surface area (Å²) in [4.78, 5) is 0. The van der Waals surface area contributed by atoms with E-state index in [0.29, 0.717) is 0 Å². The van der Waals surface area contributed by atoms with E-state index in [4.69, 9.17) is 18.9 Å². The van der Waals surface area contributed by atoms with Gasteiger partial charge < -0.3 is 90.4 Å². The average Bonchev–Trinajstić information content (AvgIpc) is 3.22. The van der Waals surface area contributed by atoms with Crippen LogP contribution in [0.2, 0.25) is 0 Å². The van der Waals surface area contributed by atoms with Crippen LogP contribution in [0.5, 0.6) is 86.2 Å². The number of aliphatic hydroxyl groups excluding tert-OH is 3. The van der Waals surface area contributed by atoms with Gasteiger partial charge in [-0.25, -0.2) is 0 Å². The molecular formula is C45H36O18. The highest BCUT2D eigenvalue weighted by molar-refractivity contribution is 5.72. The van der Waals surface area contributed by atoms with E-state index >= 15 is 0 Å².